The van der Waals surface area contributed by atoms with Gasteiger partial charge in [0.25, 0.3) is 0 Å². The highest BCUT2D eigenvalue weighted by Gasteiger charge is 2.24. The molecule has 132 valence electrons. The number of nitrogens with one attached hydrogen (secondary N) is 1. The van der Waals surface area contributed by atoms with Crippen LogP contribution in [0, 0.1) is 5.92 Å². The minimum Gasteiger partial charge on any atom is -0.396 e. The first-order valence-electron chi connectivity index (χ1n) is 9.28. The van der Waals surface area contributed by atoms with Gasteiger partial charge < -0.3 is 15.0 Å². The lowest BCUT2D eigenvalue weighted by molar-refractivity contribution is 0.244. The van der Waals surface area contributed by atoms with Gasteiger partial charge in [-0.3, -0.25) is 0 Å². The van der Waals surface area contributed by atoms with Crippen LogP contribution in [0.15, 0.2) is 55.0 Å². The van der Waals surface area contributed by atoms with Gasteiger partial charge in [-0.25, -0.2) is 9.97 Å². The van der Waals surface area contributed by atoms with Gasteiger partial charge in [-0.05, 0) is 36.5 Å². The molecule has 2 heterocycles. The molecule has 2 N–H and O–H groups in total. The quantitative estimate of drug-likeness (QED) is 0.708. The van der Waals surface area contributed by atoms with E-state index in [1.54, 1.807) is 6.33 Å². The Balaban J connectivity index is 1.46. The second kappa shape index (κ2) is 6.25. The van der Waals surface area contributed by atoms with Crippen molar-refractivity contribution in [2.24, 2.45) is 5.92 Å². The molecular formula is C21H22N4O. The topological polar surface area (TPSA) is 63.0 Å². The van der Waals surface area contributed by atoms with Gasteiger partial charge >= 0.3 is 0 Å². The molecule has 26 heavy (non-hydrogen) atoms. The number of benzene rings is 1. The molecule has 2 aliphatic rings. The van der Waals surface area contributed by atoms with Crippen molar-refractivity contribution in [3.63, 3.8) is 0 Å². The van der Waals surface area contributed by atoms with Crippen LogP contribution in [-0.2, 0) is 6.42 Å². The van der Waals surface area contributed by atoms with Crippen LogP contribution >= 0.6 is 0 Å². The first-order valence-corrected chi connectivity index (χ1v) is 9.28. The van der Waals surface area contributed by atoms with Gasteiger partial charge in [-0.2, -0.15) is 0 Å². The highest BCUT2D eigenvalue weighted by Crippen LogP contribution is 2.36. The van der Waals surface area contributed by atoms with Crippen molar-refractivity contribution < 1.29 is 5.11 Å². The van der Waals surface area contributed by atoms with E-state index in [-0.39, 0.29) is 18.6 Å². The van der Waals surface area contributed by atoms with Crippen LogP contribution in [0.1, 0.15) is 36.1 Å². The van der Waals surface area contributed by atoms with Gasteiger partial charge in [0, 0.05) is 18.7 Å². The minimum atomic E-state index is 0.203. The molecule has 5 rings (SSSR count). The summed E-state index contributed by atoms with van der Waals surface area (Å²) in [6.07, 6.45) is 11.1. The molecule has 2 aromatic heterocycles. The summed E-state index contributed by atoms with van der Waals surface area (Å²) in [5.41, 5.74) is 3.75. The summed E-state index contributed by atoms with van der Waals surface area (Å²) in [6, 6.07) is 11.3. The maximum absolute atomic E-state index is 9.38. The van der Waals surface area contributed by atoms with Gasteiger partial charge in [-0.15, -0.1) is 0 Å². The fourth-order valence-electron chi connectivity index (χ4n) is 4.32. The maximum Gasteiger partial charge on any atom is 0.146 e. The lowest BCUT2D eigenvalue weighted by Crippen LogP contribution is -2.10. The van der Waals surface area contributed by atoms with E-state index in [4.69, 9.17) is 0 Å². The summed E-state index contributed by atoms with van der Waals surface area (Å²) in [6.45, 7) is 0.203. The Labute approximate surface area is 152 Å². The van der Waals surface area contributed by atoms with Crippen molar-refractivity contribution in [1.29, 1.82) is 0 Å². The number of allylic oxidation sites excluding steroid dienone is 1. The Hall–Kier alpha value is -2.66. The Bertz CT molecular complexity index is 977. The van der Waals surface area contributed by atoms with E-state index in [0.717, 1.165) is 36.1 Å². The predicted molar refractivity (Wildman–Crippen MR) is 102 cm³/mol. The number of aromatic nitrogens is 3. The summed E-state index contributed by atoms with van der Waals surface area (Å²) in [4.78, 5) is 9.05. The van der Waals surface area contributed by atoms with Crippen molar-refractivity contribution in [2.45, 2.75) is 31.3 Å². The molecule has 5 heteroatoms. The molecule has 1 aromatic carbocycles. The van der Waals surface area contributed by atoms with Crippen molar-refractivity contribution in [1.82, 2.24) is 14.5 Å². The Morgan fingerprint density at radius 3 is 2.96 bits per heavy atom. The second-order valence-corrected chi connectivity index (χ2v) is 7.25. The van der Waals surface area contributed by atoms with Gasteiger partial charge in [0.15, 0.2) is 0 Å². The number of aryl methyl sites for hydroxylation is 1. The van der Waals surface area contributed by atoms with Gasteiger partial charge in [0.2, 0.25) is 0 Å². The lowest BCUT2D eigenvalue weighted by atomic mass is 10.1. The summed E-state index contributed by atoms with van der Waals surface area (Å²) >= 11 is 0. The van der Waals surface area contributed by atoms with Crippen LogP contribution in [-0.4, -0.2) is 26.2 Å². The Kier molecular flexibility index (Phi) is 3.75. The number of aliphatic hydroxyl groups is 1. The summed E-state index contributed by atoms with van der Waals surface area (Å²) in [5, 5.41) is 14.1. The van der Waals surface area contributed by atoms with E-state index in [2.05, 4.69) is 68.5 Å². The molecule has 2 aliphatic carbocycles. The zero-order valence-corrected chi connectivity index (χ0v) is 14.5. The number of nitrogens with zero attached hydrogens (tertiary/aromatic N) is 3. The van der Waals surface area contributed by atoms with Crippen molar-refractivity contribution >= 4 is 16.9 Å². The van der Waals surface area contributed by atoms with Crippen LogP contribution < -0.4 is 5.32 Å². The van der Waals surface area contributed by atoms with Gasteiger partial charge in [0.1, 0.15) is 17.8 Å². The van der Waals surface area contributed by atoms with Crippen molar-refractivity contribution in [3.05, 3.63) is 66.1 Å². The predicted octanol–water partition coefficient (Wildman–Crippen LogP) is 3.64. The highest BCUT2D eigenvalue weighted by molar-refractivity contribution is 5.87. The highest BCUT2D eigenvalue weighted by atomic mass is 16.3. The van der Waals surface area contributed by atoms with E-state index in [0.29, 0.717) is 6.04 Å². The minimum absolute atomic E-state index is 0.203. The average molecular weight is 346 g/mol. The molecule has 0 amide bonds. The molecule has 3 atom stereocenters. The van der Waals surface area contributed by atoms with Crippen LogP contribution in [0.2, 0.25) is 0 Å². The summed E-state index contributed by atoms with van der Waals surface area (Å²) in [5.74, 6) is 1.14. The molecule has 0 fully saturated rings. The Morgan fingerprint density at radius 2 is 2.08 bits per heavy atom. The SMILES string of the molecule is OC[C@H]1C=C[C@H](n2ccc3c(N[C@H]4CCc5ccccc54)ncnc32)C1. The van der Waals surface area contributed by atoms with Gasteiger partial charge in [0.05, 0.1) is 17.5 Å². The van der Waals surface area contributed by atoms with E-state index < -0.39 is 0 Å². The van der Waals surface area contributed by atoms with Crippen LogP contribution in [0.25, 0.3) is 11.0 Å². The average Bonchev–Trinajstić information content (AvgIpc) is 3.40. The monoisotopic (exact) mass is 346 g/mol. The number of fused-ring (bicyclic) bond motifs is 2. The largest absolute Gasteiger partial charge is 0.396 e. The first kappa shape index (κ1) is 15.6. The zero-order chi connectivity index (χ0) is 17.5. The molecule has 0 bridgehead atoms. The van der Waals surface area contributed by atoms with E-state index in [1.165, 1.54) is 11.1 Å². The fourth-order valence-corrected chi connectivity index (χ4v) is 4.32. The van der Waals surface area contributed by atoms with Gasteiger partial charge in [-0.1, -0.05) is 36.4 Å². The Morgan fingerprint density at radius 1 is 1.15 bits per heavy atom. The molecule has 0 radical (unpaired) electrons. The molecule has 0 spiro atoms. The molecule has 5 nitrogen and oxygen atoms in total. The maximum atomic E-state index is 9.38. The summed E-state index contributed by atoms with van der Waals surface area (Å²) < 4.78 is 2.19. The standard InChI is InChI=1S/C21H22N4O/c26-12-14-5-7-16(11-14)25-10-9-18-20(22-13-23-21(18)25)24-19-8-6-15-3-1-2-4-17(15)19/h1-5,7,9-10,13-14,16,19,26H,6,8,11-12H2,(H,22,23,24)/t14-,16-,19-/m0/s1. The third-order valence-corrected chi connectivity index (χ3v) is 5.69. The number of rotatable bonds is 4. The number of hydrogen-bond donors (Lipinski definition) is 2. The lowest BCUT2D eigenvalue weighted by Gasteiger charge is -2.16. The number of aliphatic hydroxyl groups excluding tert-OH is 1. The smallest absolute Gasteiger partial charge is 0.146 e. The molecule has 3 aromatic rings. The third kappa shape index (κ3) is 2.51. The first-order chi connectivity index (χ1) is 12.8. The molecule has 0 saturated carbocycles. The van der Waals surface area contributed by atoms with Crippen LogP contribution in [0.3, 0.4) is 0 Å². The van der Waals surface area contributed by atoms with Crippen molar-refractivity contribution in [2.75, 3.05) is 11.9 Å². The number of anilines is 1. The van der Waals surface area contributed by atoms with Crippen molar-refractivity contribution in [3.8, 4) is 0 Å². The van der Waals surface area contributed by atoms with Crippen LogP contribution in [0.4, 0.5) is 5.82 Å². The fraction of sp³-hybridized carbons (Fsp3) is 0.333. The third-order valence-electron chi connectivity index (χ3n) is 5.69. The molecule has 0 saturated heterocycles. The molecular weight excluding hydrogens is 324 g/mol. The normalized spacial score (nSPS) is 24.3. The van der Waals surface area contributed by atoms with E-state index >= 15 is 0 Å². The summed E-state index contributed by atoms with van der Waals surface area (Å²) in [7, 11) is 0. The molecule has 0 aliphatic heterocycles. The van der Waals surface area contributed by atoms with E-state index in [1.807, 2.05) is 0 Å². The zero-order valence-electron chi connectivity index (χ0n) is 14.5. The second-order valence-electron chi connectivity index (χ2n) is 7.25. The van der Waals surface area contributed by atoms with Crippen LogP contribution in [0.5, 0.6) is 0 Å². The molecule has 0 unspecified atom stereocenters. The number of hydrogen-bond acceptors (Lipinski definition) is 4. The van der Waals surface area contributed by atoms with E-state index in [9.17, 15) is 5.11 Å².